The lowest BCUT2D eigenvalue weighted by atomic mass is 9.92. The summed E-state index contributed by atoms with van der Waals surface area (Å²) >= 11 is 0. The summed E-state index contributed by atoms with van der Waals surface area (Å²) < 4.78 is 44.2. The van der Waals surface area contributed by atoms with E-state index >= 15 is 0 Å². The number of aryl methyl sites for hydroxylation is 1. The number of piperidine rings is 1. The van der Waals surface area contributed by atoms with Crippen LogP contribution in [0.4, 0.5) is 24.5 Å². The molecule has 1 saturated heterocycles. The van der Waals surface area contributed by atoms with Gasteiger partial charge in [0.1, 0.15) is 28.8 Å². The number of aliphatic hydroxyl groups excluding tert-OH is 2. The van der Waals surface area contributed by atoms with Crippen LogP contribution in [0.3, 0.4) is 0 Å². The van der Waals surface area contributed by atoms with Crippen molar-refractivity contribution in [1.82, 2.24) is 9.97 Å². The molecular formula is C28H30F3N5O3. The molecule has 3 aromatic rings. The Kier molecular flexibility index (Phi) is 7.32. The van der Waals surface area contributed by atoms with E-state index in [0.717, 1.165) is 29.8 Å². The van der Waals surface area contributed by atoms with Gasteiger partial charge in [-0.15, -0.1) is 0 Å². The summed E-state index contributed by atoms with van der Waals surface area (Å²) in [6, 6.07) is 3.77. The first kappa shape index (κ1) is 27.0. The number of anilines is 2. The molecule has 2 aromatic heterocycles. The van der Waals surface area contributed by atoms with Gasteiger partial charge >= 0.3 is 0 Å². The third kappa shape index (κ3) is 4.97. The molecule has 1 aromatic carbocycles. The number of carbonyl (C=O) groups is 1. The number of nitrogens with zero attached hydrogens (tertiary/aromatic N) is 3. The van der Waals surface area contributed by atoms with Crippen LogP contribution in [-0.2, 0) is 12.8 Å². The minimum absolute atomic E-state index is 0.155. The van der Waals surface area contributed by atoms with E-state index < -0.39 is 52.9 Å². The van der Waals surface area contributed by atoms with E-state index in [1.807, 2.05) is 11.8 Å². The molecular weight excluding hydrogens is 511 g/mol. The van der Waals surface area contributed by atoms with Crippen molar-refractivity contribution in [2.45, 2.75) is 51.4 Å². The highest BCUT2D eigenvalue weighted by Gasteiger charge is 2.36. The van der Waals surface area contributed by atoms with Gasteiger partial charge in [0.15, 0.2) is 0 Å². The van der Waals surface area contributed by atoms with E-state index in [2.05, 4.69) is 15.3 Å². The molecule has 1 amide bonds. The number of hydrogen-bond acceptors (Lipinski definition) is 7. The maximum atomic E-state index is 14.7. The number of halogens is 3. The Morgan fingerprint density at radius 1 is 1.15 bits per heavy atom. The summed E-state index contributed by atoms with van der Waals surface area (Å²) in [4.78, 5) is 23.6. The largest absolute Gasteiger partial charge is 0.391 e. The molecule has 0 radical (unpaired) electrons. The second-order valence-electron chi connectivity index (χ2n) is 10.2. The van der Waals surface area contributed by atoms with Crippen LogP contribution in [0.2, 0.25) is 0 Å². The predicted molar refractivity (Wildman–Crippen MR) is 140 cm³/mol. The van der Waals surface area contributed by atoms with Crippen LogP contribution in [0.1, 0.15) is 53.7 Å². The molecule has 2 aliphatic rings. The average Bonchev–Trinajstić information content (AvgIpc) is 3.27. The highest BCUT2D eigenvalue weighted by atomic mass is 19.1. The number of hydrogen-bond donors (Lipinski definition) is 4. The predicted octanol–water partition coefficient (Wildman–Crippen LogP) is 3.50. The molecule has 8 nitrogen and oxygen atoms in total. The fraction of sp³-hybridized carbons (Fsp3) is 0.393. The number of benzene rings is 1. The van der Waals surface area contributed by atoms with Crippen molar-refractivity contribution < 1.29 is 28.2 Å². The molecule has 1 unspecified atom stereocenters. The standard InChI is InChI=1S/C28H30F3N5O3/c1-3-14-8-17(30)23(18(31)9-14)25-16(29)5-6-20(34-25)28(39)35-21-10-33-24-15(4-7-22(24)37)26(21)36-11-13(2)27(38)19(32)12-36/h5-6,8-10,13,19,22,27,37-38H,3-4,7,11-12,32H2,1-2H3,(H,35,39)/t13-,19+,22?,27+/m0/s1. The summed E-state index contributed by atoms with van der Waals surface area (Å²) in [7, 11) is 0. The van der Waals surface area contributed by atoms with Crippen molar-refractivity contribution in [3.63, 3.8) is 0 Å². The summed E-state index contributed by atoms with van der Waals surface area (Å²) in [6.07, 6.45) is 1.39. The van der Waals surface area contributed by atoms with Crippen LogP contribution in [0.25, 0.3) is 11.3 Å². The minimum atomic E-state index is -0.975. The molecule has 39 heavy (non-hydrogen) atoms. The van der Waals surface area contributed by atoms with E-state index in [1.54, 1.807) is 6.92 Å². The topological polar surface area (TPSA) is 125 Å². The quantitative estimate of drug-likeness (QED) is 0.390. The SMILES string of the molecule is CCc1cc(F)c(-c2nc(C(=O)Nc3cnc4c(c3N3C[C@@H](N)[C@H](O)[C@@H](C)C3)CCC4O)ccc2F)c(F)c1. The molecule has 11 heteroatoms. The third-order valence-electron chi connectivity index (χ3n) is 7.52. The molecule has 5 rings (SSSR count). The lowest BCUT2D eigenvalue weighted by Gasteiger charge is -2.41. The Labute approximate surface area is 223 Å². The van der Waals surface area contributed by atoms with Gasteiger partial charge in [-0.1, -0.05) is 13.8 Å². The van der Waals surface area contributed by atoms with Crippen LogP contribution >= 0.6 is 0 Å². The number of aliphatic hydroxyl groups is 2. The van der Waals surface area contributed by atoms with Crippen LogP contribution in [0.5, 0.6) is 0 Å². The van der Waals surface area contributed by atoms with Crippen molar-refractivity contribution in [3.8, 4) is 11.3 Å². The maximum Gasteiger partial charge on any atom is 0.274 e. The number of aromatic nitrogens is 2. The summed E-state index contributed by atoms with van der Waals surface area (Å²) in [6.45, 7) is 4.38. The third-order valence-corrected chi connectivity index (χ3v) is 7.52. The summed E-state index contributed by atoms with van der Waals surface area (Å²) in [5, 5.41) is 23.5. The lowest BCUT2D eigenvalue weighted by molar-refractivity contribution is 0.0784. The first-order valence-corrected chi connectivity index (χ1v) is 12.9. The second-order valence-corrected chi connectivity index (χ2v) is 10.2. The van der Waals surface area contributed by atoms with E-state index in [4.69, 9.17) is 5.73 Å². The van der Waals surface area contributed by atoms with Crippen LogP contribution in [-0.4, -0.2) is 51.3 Å². The number of nitrogens with two attached hydrogens (primary N) is 1. The van der Waals surface area contributed by atoms with Gasteiger partial charge in [0, 0.05) is 30.6 Å². The molecule has 3 heterocycles. The van der Waals surface area contributed by atoms with E-state index in [1.165, 1.54) is 6.20 Å². The van der Waals surface area contributed by atoms with Crippen molar-refractivity contribution in [1.29, 1.82) is 0 Å². The Bertz CT molecular complexity index is 1400. The van der Waals surface area contributed by atoms with Gasteiger partial charge in [0.2, 0.25) is 0 Å². The molecule has 206 valence electrons. The molecule has 1 aliphatic heterocycles. The number of rotatable bonds is 5. The normalized spacial score (nSPS) is 22.6. The maximum absolute atomic E-state index is 14.7. The Morgan fingerprint density at radius 2 is 1.87 bits per heavy atom. The molecule has 0 bridgehead atoms. The van der Waals surface area contributed by atoms with Gasteiger partial charge in [-0.05, 0) is 49.1 Å². The van der Waals surface area contributed by atoms with Gasteiger partial charge in [0.25, 0.3) is 5.91 Å². The van der Waals surface area contributed by atoms with Crippen molar-refractivity contribution >= 4 is 17.3 Å². The van der Waals surface area contributed by atoms with E-state index in [0.29, 0.717) is 55.0 Å². The zero-order valence-corrected chi connectivity index (χ0v) is 21.6. The van der Waals surface area contributed by atoms with Gasteiger partial charge in [-0.25, -0.2) is 18.2 Å². The fourth-order valence-corrected chi connectivity index (χ4v) is 5.44. The average molecular weight is 542 g/mol. The second kappa shape index (κ2) is 10.6. The minimum Gasteiger partial charge on any atom is -0.391 e. The van der Waals surface area contributed by atoms with Crippen molar-refractivity contribution in [2.75, 3.05) is 23.3 Å². The van der Waals surface area contributed by atoms with Gasteiger partial charge < -0.3 is 26.2 Å². The fourth-order valence-electron chi connectivity index (χ4n) is 5.44. The first-order chi connectivity index (χ1) is 18.6. The summed E-state index contributed by atoms with van der Waals surface area (Å²) in [5.41, 5.74) is 7.31. The molecule has 0 saturated carbocycles. The smallest absolute Gasteiger partial charge is 0.274 e. The zero-order chi connectivity index (χ0) is 28.0. The molecule has 0 spiro atoms. The number of amides is 1. The number of nitrogens with one attached hydrogen (secondary N) is 1. The number of pyridine rings is 2. The van der Waals surface area contributed by atoms with Gasteiger partial charge in [-0.2, -0.15) is 0 Å². The molecule has 1 aliphatic carbocycles. The Balaban J connectivity index is 1.51. The van der Waals surface area contributed by atoms with Gasteiger partial charge in [0.05, 0.1) is 41.0 Å². The Morgan fingerprint density at radius 3 is 2.54 bits per heavy atom. The number of carbonyl (C=O) groups excluding carboxylic acids is 1. The van der Waals surface area contributed by atoms with Crippen molar-refractivity contribution in [2.24, 2.45) is 11.7 Å². The van der Waals surface area contributed by atoms with Crippen molar-refractivity contribution in [3.05, 3.63) is 70.4 Å². The monoisotopic (exact) mass is 541 g/mol. The lowest BCUT2D eigenvalue weighted by Crippen LogP contribution is -2.56. The van der Waals surface area contributed by atoms with Gasteiger partial charge in [-0.3, -0.25) is 9.78 Å². The van der Waals surface area contributed by atoms with Crippen LogP contribution in [0, 0.1) is 23.4 Å². The first-order valence-electron chi connectivity index (χ1n) is 12.9. The van der Waals surface area contributed by atoms with E-state index in [9.17, 15) is 28.2 Å². The van der Waals surface area contributed by atoms with Crippen LogP contribution < -0.4 is 16.0 Å². The number of fused-ring (bicyclic) bond motifs is 1. The molecule has 4 atom stereocenters. The van der Waals surface area contributed by atoms with Crippen LogP contribution in [0.15, 0.2) is 30.5 Å². The molecule has 5 N–H and O–H groups in total. The molecule has 1 fully saturated rings. The zero-order valence-electron chi connectivity index (χ0n) is 21.6. The highest BCUT2D eigenvalue weighted by Crippen LogP contribution is 2.41. The van der Waals surface area contributed by atoms with E-state index in [-0.39, 0.29) is 11.6 Å². The highest BCUT2D eigenvalue weighted by molar-refractivity contribution is 6.05. The Hall–Kier alpha value is -3.54. The summed E-state index contributed by atoms with van der Waals surface area (Å²) in [5.74, 6) is -3.82.